The molecule has 3 heteroatoms. The van der Waals surface area contributed by atoms with Gasteiger partial charge in [0.25, 0.3) is 0 Å². The van der Waals surface area contributed by atoms with Gasteiger partial charge in [-0.2, -0.15) is 0 Å². The van der Waals surface area contributed by atoms with E-state index in [-0.39, 0.29) is 11.0 Å². The van der Waals surface area contributed by atoms with Gasteiger partial charge in [0, 0.05) is 10.8 Å². The molecule has 0 unspecified atom stereocenters. The van der Waals surface area contributed by atoms with Gasteiger partial charge in [-0.1, -0.05) is 19.8 Å². The van der Waals surface area contributed by atoms with Gasteiger partial charge in [-0.05, 0) is 26.7 Å². The van der Waals surface area contributed by atoms with Crippen LogP contribution in [0.2, 0.25) is 0 Å². The molecule has 0 aromatic carbocycles. The van der Waals surface area contributed by atoms with Crippen molar-refractivity contribution < 1.29 is 9.78 Å². The van der Waals surface area contributed by atoms with Gasteiger partial charge in [-0.25, -0.2) is 9.78 Å². The van der Waals surface area contributed by atoms with Crippen molar-refractivity contribution in [2.24, 2.45) is 5.92 Å². The normalized spacial score (nSPS) is 29.1. The fraction of sp³-hybridized carbons (Fsp3) is 1.00. The Morgan fingerprint density at radius 2 is 2.14 bits per heavy atom. The number of hydrogen-bond acceptors (Lipinski definition) is 2. The molecule has 0 aromatic rings. The van der Waals surface area contributed by atoms with Crippen molar-refractivity contribution >= 4 is 11.6 Å². The van der Waals surface area contributed by atoms with Crippen molar-refractivity contribution in [1.82, 2.24) is 0 Å². The van der Waals surface area contributed by atoms with E-state index in [1.165, 1.54) is 12.8 Å². The summed E-state index contributed by atoms with van der Waals surface area (Å²) in [4.78, 5) is 10.2. The molecule has 0 bridgehead atoms. The third kappa shape index (κ3) is 3.41. The average Bonchev–Trinajstić information content (AvgIpc) is 2.14. The van der Waals surface area contributed by atoms with Crippen LogP contribution in [0.4, 0.5) is 0 Å². The SMILES string of the molecule is CCCC[C@@H]1OOCC[C@H]1C(C)(C)Cl. The van der Waals surface area contributed by atoms with Crippen molar-refractivity contribution in [2.45, 2.75) is 57.4 Å². The van der Waals surface area contributed by atoms with E-state index in [1.807, 2.05) is 0 Å². The molecule has 1 aliphatic rings. The lowest BCUT2D eigenvalue weighted by atomic mass is 9.84. The van der Waals surface area contributed by atoms with E-state index < -0.39 is 0 Å². The molecular formula is C11H21ClO2. The van der Waals surface area contributed by atoms with E-state index in [4.69, 9.17) is 21.4 Å². The summed E-state index contributed by atoms with van der Waals surface area (Å²) in [5.41, 5.74) is 0. The third-order valence-corrected chi connectivity index (χ3v) is 3.16. The van der Waals surface area contributed by atoms with Gasteiger partial charge >= 0.3 is 0 Å². The van der Waals surface area contributed by atoms with Crippen LogP contribution in [0.1, 0.15) is 46.5 Å². The maximum Gasteiger partial charge on any atom is 0.0975 e. The summed E-state index contributed by atoms with van der Waals surface area (Å²) in [7, 11) is 0. The Kier molecular flexibility index (Phi) is 4.68. The van der Waals surface area contributed by atoms with Crippen LogP contribution in [0, 0.1) is 5.92 Å². The summed E-state index contributed by atoms with van der Waals surface area (Å²) in [6.45, 7) is 6.98. The lowest BCUT2D eigenvalue weighted by Crippen LogP contribution is -2.41. The highest BCUT2D eigenvalue weighted by Crippen LogP contribution is 2.35. The average molecular weight is 221 g/mol. The summed E-state index contributed by atoms with van der Waals surface area (Å²) in [6, 6.07) is 0. The Balaban J connectivity index is 2.50. The number of halogens is 1. The van der Waals surface area contributed by atoms with Crippen LogP contribution in [-0.4, -0.2) is 17.6 Å². The van der Waals surface area contributed by atoms with Gasteiger partial charge in [-0.15, -0.1) is 11.6 Å². The Morgan fingerprint density at radius 3 is 2.71 bits per heavy atom. The van der Waals surface area contributed by atoms with E-state index in [0.717, 1.165) is 12.8 Å². The van der Waals surface area contributed by atoms with Crippen LogP contribution in [-0.2, 0) is 9.78 Å². The molecule has 1 fully saturated rings. The number of alkyl halides is 1. The molecule has 0 saturated carbocycles. The van der Waals surface area contributed by atoms with Crippen molar-refractivity contribution in [3.63, 3.8) is 0 Å². The highest BCUT2D eigenvalue weighted by atomic mass is 35.5. The zero-order valence-electron chi connectivity index (χ0n) is 9.38. The highest BCUT2D eigenvalue weighted by molar-refractivity contribution is 6.23. The first kappa shape index (κ1) is 12.3. The molecule has 0 N–H and O–H groups in total. The largest absolute Gasteiger partial charge is 0.236 e. The molecule has 2 atom stereocenters. The standard InChI is InChI=1S/C11H21ClO2/c1-4-5-6-10-9(11(2,3)12)7-8-13-14-10/h9-10H,4-8H2,1-3H3/t9-,10+/m1/s1. The molecule has 1 heterocycles. The summed E-state index contributed by atoms with van der Waals surface area (Å²) < 4.78 is 0. The van der Waals surface area contributed by atoms with Gasteiger partial charge in [0.15, 0.2) is 0 Å². The minimum absolute atomic E-state index is 0.177. The first-order valence-electron chi connectivity index (χ1n) is 5.53. The van der Waals surface area contributed by atoms with E-state index >= 15 is 0 Å². The minimum Gasteiger partial charge on any atom is -0.236 e. The van der Waals surface area contributed by atoms with Crippen LogP contribution < -0.4 is 0 Å². The molecule has 1 aliphatic heterocycles. The first-order chi connectivity index (χ1) is 6.55. The predicted molar refractivity (Wildman–Crippen MR) is 58.4 cm³/mol. The minimum atomic E-state index is -0.192. The Labute approximate surface area is 91.8 Å². The highest BCUT2D eigenvalue weighted by Gasteiger charge is 2.37. The van der Waals surface area contributed by atoms with Crippen LogP contribution in [0.25, 0.3) is 0 Å². The molecular weight excluding hydrogens is 200 g/mol. The molecule has 14 heavy (non-hydrogen) atoms. The molecule has 0 aliphatic carbocycles. The maximum atomic E-state index is 6.35. The van der Waals surface area contributed by atoms with E-state index in [1.54, 1.807) is 0 Å². The molecule has 0 aromatic heterocycles. The fourth-order valence-corrected chi connectivity index (χ4v) is 2.25. The van der Waals surface area contributed by atoms with E-state index in [0.29, 0.717) is 12.5 Å². The van der Waals surface area contributed by atoms with Crippen LogP contribution in [0.15, 0.2) is 0 Å². The van der Waals surface area contributed by atoms with Crippen molar-refractivity contribution in [1.29, 1.82) is 0 Å². The summed E-state index contributed by atoms with van der Waals surface area (Å²) in [5, 5.41) is 0. The van der Waals surface area contributed by atoms with Gasteiger partial charge in [0.2, 0.25) is 0 Å². The Hall–Kier alpha value is 0.210. The summed E-state index contributed by atoms with van der Waals surface area (Å²) in [6.07, 6.45) is 4.60. The topological polar surface area (TPSA) is 18.5 Å². The lowest BCUT2D eigenvalue weighted by Gasteiger charge is -2.37. The van der Waals surface area contributed by atoms with Gasteiger partial charge in [0.1, 0.15) is 0 Å². The first-order valence-corrected chi connectivity index (χ1v) is 5.90. The third-order valence-electron chi connectivity index (χ3n) is 2.88. The maximum absolute atomic E-state index is 6.35. The molecule has 0 amide bonds. The van der Waals surface area contributed by atoms with Gasteiger partial charge < -0.3 is 0 Å². The molecule has 0 radical (unpaired) electrons. The van der Waals surface area contributed by atoms with Gasteiger partial charge in [0.05, 0.1) is 12.7 Å². The zero-order chi connectivity index (χ0) is 10.6. The van der Waals surface area contributed by atoms with E-state index in [9.17, 15) is 0 Å². The van der Waals surface area contributed by atoms with Crippen molar-refractivity contribution in [2.75, 3.05) is 6.61 Å². The van der Waals surface area contributed by atoms with Crippen molar-refractivity contribution in [3.8, 4) is 0 Å². The number of unbranched alkanes of at least 4 members (excludes halogenated alkanes) is 1. The predicted octanol–water partition coefficient (Wildman–Crippen LogP) is 3.53. The Bertz CT molecular complexity index is 165. The summed E-state index contributed by atoms with van der Waals surface area (Å²) in [5.74, 6) is 0.407. The van der Waals surface area contributed by atoms with Gasteiger partial charge in [-0.3, -0.25) is 0 Å². The molecule has 84 valence electrons. The molecule has 2 nitrogen and oxygen atoms in total. The molecule has 1 rings (SSSR count). The second-order valence-electron chi connectivity index (χ2n) is 4.56. The lowest BCUT2D eigenvalue weighted by molar-refractivity contribution is -0.361. The monoisotopic (exact) mass is 220 g/mol. The van der Waals surface area contributed by atoms with Crippen molar-refractivity contribution in [3.05, 3.63) is 0 Å². The van der Waals surface area contributed by atoms with Crippen LogP contribution >= 0.6 is 11.6 Å². The molecule has 0 spiro atoms. The quantitative estimate of drug-likeness (QED) is 0.533. The van der Waals surface area contributed by atoms with Crippen LogP contribution in [0.3, 0.4) is 0 Å². The van der Waals surface area contributed by atoms with E-state index in [2.05, 4.69) is 20.8 Å². The fourth-order valence-electron chi connectivity index (χ4n) is 2.00. The number of rotatable bonds is 4. The summed E-state index contributed by atoms with van der Waals surface area (Å²) >= 11 is 6.35. The molecule has 1 saturated heterocycles. The second-order valence-corrected chi connectivity index (χ2v) is 5.53. The second kappa shape index (κ2) is 5.34. The smallest absolute Gasteiger partial charge is 0.0975 e. The zero-order valence-corrected chi connectivity index (χ0v) is 10.1. The van der Waals surface area contributed by atoms with Crippen LogP contribution in [0.5, 0.6) is 0 Å². The number of hydrogen-bond donors (Lipinski definition) is 0. The Morgan fingerprint density at radius 1 is 1.43 bits per heavy atom.